The molecular weight excluding hydrogens is 198 g/mol. The second-order valence-corrected chi connectivity index (χ2v) is 4.77. The smallest absolute Gasteiger partial charge is 0.0821 e. The van der Waals surface area contributed by atoms with Crippen LogP contribution in [0.3, 0.4) is 0 Å². The molecule has 2 nitrogen and oxygen atoms in total. The van der Waals surface area contributed by atoms with Crippen LogP contribution in [0.1, 0.15) is 56.3 Å². The normalized spacial score (nSPS) is 19.6. The maximum absolute atomic E-state index is 10.4. The fourth-order valence-electron chi connectivity index (χ4n) is 2.73. The van der Waals surface area contributed by atoms with Crippen molar-refractivity contribution in [3.63, 3.8) is 0 Å². The molecule has 1 atom stereocenters. The third-order valence-corrected chi connectivity index (χ3v) is 3.74. The molecule has 1 heterocycles. The highest BCUT2D eigenvalue weighted by Gasteiger charge is 2.24. The first kappa shape index (κ1) is 11.6. The molecule has 0 amide bonds. The first-order valence-electron chi connectivity index (χ1n) is 6.43. The van der Waals surface area contributed by atoms with Crippen molar-refractivity contribution in [2.45, 2.75) is 51.6 Å². The Morgan fingerprint density at radius 1 is 1.38 bits per heavy atom. The number of aliphatic hydroxyl groups is 1. The van der Waals surface area contributed by atoms with Crippen LogP contribution < -0.4 is 0 Å². The molecule has 88 valence electrons. The zero-order valence-corrected chi connectivity index (χ0v) is 10.0. The molecule has 16 heavy (non-hydrogen) atoms. The third kappa shape index (κ3) is 2.43. The Balaban J connectivity index is 2.15. The average molecular weight is 219 g/mol. The van der Waals surface area contributed by atoms with Gasteiger partial charge in [0.05, 0.1) is 6.10 Å². The predicted molar refractivity (Wildman–Crippen MR) is 65.1 cm³/mol. The molecule has 2 heteroatoms. The van der Waals surface area contributed by atoms with Gasteiger partial charge in [0.15, 0.2) is 0 Å². The number of hydrogen-bond acceptors (Lipinski definition) is 2. The zero-order valence-electron chi connectivity index (χ0n) is 10.0. The largest absolute Gasteiger partial charge is 0.388 e. The summed E-state index contributed by atoms with van der Waals surface area (Å²) in [6, 6.07) is 1.98. The minimum atomic E-state index is -0.279. The van der Waals surface area contributed by atoms with E-state index in [1.807, 2.05) is 12.3 Å². The van der Waals surface area contributed by atoms with Crippen molar-refractivity contribution < 1.29 is 5.11 Å². The van der Waals surface area contributed by atoms with E-state index in [1.165, 1.54) is 37.7 Å². The Morgan fingerprint density at radius 2 is 2.12 bits per heavy atom. The van der Waals surface area contributed by atoms with Crippen molar-refractivity contribution in [1.29, 1.82) is 0 Å². The molecule has 1 unspecified atom stereocenters. The molecule has 1 aromatic heterocycles. The van der Waals surface area contributed by atoms with Crippen molar-refractivity contribution in [1.82, 2.24) is 4.98 Å². The summed E-state index contributed by atoms with van der Waals surface area (Å²) in [5.41, 5.74) is 2.30. The molecule has 0 aliphatic heterocycles. The van der Waals surface area contributed by atoms with Crippen molar-refractivity contribution in [3.05, 3.63) is 29.6 Å². The highest BCUT2D eigenvalue weighted by atomic mass is 16.3. The zero-order chi connectivity index (χ0) is 11.4. The molecule has 1 saturated carbocycles. The molecule has 1 aliphatic rings. The number of aliphatic hydroxyl groups excluding tert-OH is 1. The molecule has 1 aromatic rings. The maximum Gasteiger partial charge on any atom is 0.0821 e. The molecule has 0 radical (unpaired) electrons. The van der Waals surface area contributed by atoms with Gasteiger partial charge in [0.2, 0.25) is 0 Å². The van der Waals surface area contributed by atoms with E-state index in [1.54, 1.807) is 6.20 Å². The van der Waals surface area contributed by atoms with Crippen LogP contribution in [0.4, 0.5) is 0 Å². The van der Waals surface area contributed by atoms with E-state index >= 15 is 0 Å². The van der Waals surface area contributed by atoms with E-state index in [4.69, 9.17) is 0 Å². The van der Waals surface area contributed by atoms with Crippen LogP contribution in [0.25, 0.3) is 0 Å². The topological polar surface area (TPSA) is 33.1 Å². The summed E-state index contributed by atoms with van der Waals surface area (Å²) in [5.74, 6) is 0.460. The fourth-order valence-corrected chi connectivity index (χ4v) is 2.73. The minimum Gasteiger partial charge on any atom is -0.388 e. The Hall–Kier alpha value is -0.890. The lowest BCUT2D eigenvalue weighted by molar-refractivity contribution is 0.0840. The first-order valence-corrected chi connectivity index (χ1v) is 6.43. The first-order chi connectivity index (χ1) is 7.83. The van der Waals surface area contributed by atoms with Crippen LogP contribution in [-0.2, 0) is 6.42 Å². The Labute approximate surface area is 97.7 Å². The summed E-state index contributed by atoms with van der Waals surface area (Å²) in [5, 5.41) is 10.4. The van der Waals surface area contributed by atoms with Gasteiger partial charge in [-0.2, -0.15) is 0 Å². The number of nitrogens with zero attached hydrogens (tertiary/aromatic N) is 1. The summed E-state index contributed by atoms with van der Waals surface area (Å²) in [4.78, 5) is 4.13. The molecule has 1 N–H and O–H groups in total. The number of hydrogen-bond donors (Lipinski definition) is 1. The molecule has 0 aromatic carbocycles. The number of rotatable bonds is 3. The van der Waals surface area contributed by atoms with Gasteiger partial charge >= 0.3 is 0 Å². The molecule has 0 saturated heterocycles. The summed E-state index contributed by atoms with van der Waals surface area (Å²) in [6.07, 6.45) is 10.6. The number of aryl methyl sites for hydroxylation is 1. The van der Waals surface area contributed by atoms with Gasteiger partial charge in [-0.05, 0) is 42.4 Å². The van der Waals surface area contributed by atoms with Gasteiger partial charge in [-0.1, -0.05) is 26.2 Å². The average Bonchev–Trinajstić information content (AvgIpc) is 2.39. The van der Waals surface area contributed by atoms with Crippen LogP contribution >= 0.6 is 0 Å². The minimum absolute atomic E-state index is 0.279. The van der Waals surface area contributed by atoms with Crippen LogP contribution in [-0.4, -0.2) is 10.1 Å². The second kappa shape index (κ2) is 5.44. The van der Waals surface area contributed by atoms with E-state index in [9.17, 15) is 5.11 Å². The molecular formula is C14H21NO. The SMILES string of the molecule is CCc1cnccc1C(O)C1CCCCC1. The standard InChI is InChI=1S/C14H21NO/c1-2-11-10-15-9-8-13(11)14(16)12-6-4-3-5-7-12/h8-10,12,14,16H,2-7H2,1H3. The second-order valence-electron chi connectivity index (χ2n) is 4.77. The Kier molecular flexibility index (Phi) is 3.94. The van der Waals surface area contributed by atoms with E-state index in [-0.39, 0.29) is 6.10 Å². The van der Waals surface area contributed by atoms with Crippen molar-refractivity contribution in [2.75, 3.05) is 0 Å². The molecule has 1 fully saturated rings. The molecule has 0 spiro atoms. The van der Waals surface area contributed by atoms with Crippen molar-refractivity contribution >= 4 is 0 Å². The van der Waals surface area contributed by atoms with Gasteiger partial charge in [0.1, 0.15) is 0 Å². The van der Waals surface area contributed by atoms with E-state index in [2.05, 4.69) is 11.9 Å². The van der Waals surface area contributed by atoms with Crippen molar-refractivity contribution in [3.8, 4) is 0 Å². The van der Waals surface area contributed by atoms with Gasteiger partial charge in [0, 0.05) is 12.4 Å². The van der Waals surface area contributed by atoms with Crippen LogP contribution in [0.5, 0.6) is 0 Å². The van der Waals surface area contributed by atoms with Gasteiger partial charge in [0.25, 0.3) is 0 Å². The van der Waals surface area contributed by atoms with Crippen LogP contribution in [0, 0.1) is 5.92 Å². The highest BCUT2D eigenvalue weighted by molar-refractivity contribution is 5.26. The van der Waals surface area contributed by atoms with Gasteiger partial charge in [-0.15, -0.1) is 0 Å². The summed E-state index contributed by atoms with van der Waals surface area (Å²) in [7, 11) is 0. The quantitative estimate of drug-likeness (QED) is 0.846. The Bertz CT molecular complexity index is 331. The van der Waals surface area contributed by atoms with Crippen LogP contribution in [0.15, 0.2) is 18.5 Å². The number of pyridine rings is 1. The van der Waals surface area contributed by atoms with Crippen LogP contribution in [0.2, 0.25) is 0 Å². The fraction of sp³-hybridized carbons (Fsp3) is 0.643. The van der Waals surface area contributed by atoms with E-state index in [0.29, 0.717) is 5.92 Å². The van der Waals surface area contributed by atoms with Gasteiger partial charge in [-0.3, -0.25) is 4.98 Å². The summed E-state index contributed by atoms with van der Waals surface area (Å²) < 4.78 is 0. The van der Waals surface area contributed by atoms with Crippen molar-refractivity contribution in [2.24, 2.45) is 5.92 Å². The lowest BCUT2D eigenvalue weighted by atomic mass is 9.82. The molecule has 0 bridgehead atoms. The van der Waals surface area contributed by atoms with E-state index < -0.39 is 0 Å². The number of aromatic nitrogens is 1. The monoisotopic (exact) mass is 219 g/mol. The maximum atomic E-state index is 10.4. The van der Waals surface area contributed by atoms with Gasteiger partial charge < -0.3 is 5.11 Å². The lowest BCUT2D eigenvalue weighted by Gasteiger charge is -2.27. The Morgan fingerprint density at radius 3 is 2.81 bits per heavy atom. The third-order valence-electron chi connectivity index (χ3n) is 3.74. The van der Waals surface area contributed by atoms with E-state index in [0.717, 1.165) is 12.0 Å². The van der Waals surface area contributed by atoms with Gasteiger partial charge in [-0.25, -0.2) is 0 Å². The molecule has 2 rings (SSSR count). The predicted octanol–water partition coefficient (Wildman–Crippen LogP) is 3.26. The summed E-state index contributed by atoms with van der Waals surface area (Å²) >= 11 is 0. The molecule has 1 aliphatic carbocycles. The highest BCUT2D eigenvalue weighted by Crippen LogP contribution is 2.35. The summed E-state index contributed by atoms with van der Waals surface area (Å²) in [6.45, 7) is 2.12. The lowest BCUT2D eigenvalue weighted by Crippen LogP contribution is -2.17.